The molecule has 2 amide bonds. The van der Waals surface area contributed by atoms with E-state index in [1.165, 1.54) is 6.92 Å². The molecule has 0 bridgehead atoms. The molecule has 0 radical (unpaired) electrons. The quantitative estimate of drug-likeness (QED) is 0.899. The van der Waals surface area contributed by atoms with E-state index >= 15 is 0 Å². The van der Waals surface area contributed by atoms with E-state index in [2.05, 4.69) is 5.32 Å². The molecule has 2 heterocycles. The predicted molar refractivity (Wildman–Crippen MR) is 89.6 cm³/mol. The Morgan fingerprint density at radius 1 is 1.24 bits per heavy atom. The summed E-state index contributed by atoms with van der Waals surface area (Å²) < 4.78 is 17.2. The monoisotopic (exact) mass is 348 g/mol. The minimum Gasteiger partial charge on any atom is -0.445 e. The summed E-state index contributed by atoms with van der Waals surface area (Å²) in [6.45, 7) is 6.01. The Labute approximate surface area is 147 Å². The van der Waals surface area contributed by atoms with Gasteiger partial charge in [-0.05, 0) is 19.4 Å². The molecule has 0 unspecified atom stereocenters. The van der Waals surface area contributed by atoms with Crippen molar-refractivity contribution in [2.45, 2.75) is 51.4 Å². The van der Waals surface area contributed by atoms with Gasteiger partial charge in [-0.1, -0.05) is 30.3 Å². The first-order valence-corrected chi connectivity index (χ1v) is 8.42. The molecule has 1 N–H and O–H groups in total. The topological polar surface area (TPSA) is 77.1 Å². The number of amides is 2. The lowest BCUT2D eigenvalue weighted by Gasteiger charge is -2.38. The van der Waals surface area contributed by atoms with Crippen LogP contribution < -0.4 is 5.32 Å². The maximum absolute atomic E-state index is 12.4. The van der Waals surface area contributed by atoms with Gasteiger partial charge >= 0.3 is 6.09 Å². The summed E-state index contributed by atoms with van der Waals surface area (Å²) in [7, 11) is 0. The van der Waals surface area contributed by atoms with E-state index in [1.807, 2.05) is 44.2 Å². The highest BCUT2D eigenvalue weighted by atomic mass is 16.8. The lowest BCUT2D eigenvalue weighted by atomic mass is 10.00. The highest BCUT2D eigenvalue weighted by molar-refractivity contribution is 5.73. The van der Waals surface area contributed by atoms with Gasteiger partial charge in [0.2, 0.25) is 5.91 Å². The third-order valence-corrected chi connectivity index (χ3v) is 4.29. The fourth-order valence-corrected chi connectivity index (χ4v) is 3.33. The largest absolute Gasteiger partial charge is 0.445 e. The third kappa shape index (κ3) is 4.29. The number of carbonyl (C=O) groups excluding carboxylic acids is 2. The van der Waals surface area contributed by atoms with Crippen LogP contribution in [0.25, 0.3) is 0 Å². The summed E-state index contributed by atoms with van der Waals surface area (Å²) in [4.78, 5) is 25.5. The zero-order chi connectivity index (χ0) is 18.0. The van der Waals surface area contributed by atoms with E-state index in [-0.39, 0.29) is 30.8 Å². The van der Waals surface area contributed by atoms with Gasteiger partial charge in [-0.25, -0.2) is 4.79 Å². The number of piperidine rings is 1. The molecule has 136 valence electrons. The summed E-state index contributed by atoms with van der Waals surface area (Å²) in [5.74, 6) is -0.910. The first-order valence-electron chi connectivity index (χ1n) is 8.42. The van der Waals surface area contributed by atoms with Crippen LogP contribution in [0.15, 0.2) is 30.3 Å². The third-order valence-electron chi connectivity index (χ3n) is 4.29. The van der Waals surface area contributed by atoms with Gasteiger partial charge in [0.15, 0.2) is 5.79 Å². The zero-order valence-electron chi connectivity index (χ0n) is 14.7. The number of benzene rings is 1. The number of fused-ring (bicyclic) bond motifs is 1. The minimum absolute atomic E-state index is 0.170. The average Bonchev–Trinajstić information content (AvgIpc) is 2.87. The van der Waals surface area contributed by atoms with Crippen molar-refractivity contribution in [2.24, 2.45) is 0 Å². The van der Waals surface area contributed by atoms with Crippen LogP contribution in [0.5, 0.6) is 0 Å². The summed E-state index contributed by atoms with van der Waals surface area (Å²) in [5.41, 5.74) is 0.922. The Balaban J connectivity index is 1.65. The molecule has 1 aromatic carbocycles. The lowest BCUT2D eigenvalue weighted by molar-refractivity contribution is -0.147. The van der Waals surface area contributed by atoms with Crippen LogP contribution in [0.4, 0.5) is 4.79 Å². The standard InChI is InChI=1S/C18H24N2O5/c1-12(21)19-14-9-20(10-15-16(14)25-18(2,3)24-15)17(22)23-11-13-7-5-4-6-8-13/h4-8,14-16H,9-11H2,1-3H3,(H,19,21)/t14-,15-,16+/m0/s1. The minimum atomic E-state index is -0.740. The number of hydrogen-bond donors (Lipinski definition) is 1. The Kier molecular flexibility index (Phi) is 4.96. The SMILES string of the molecule is CC(=O)N[C@H]1CN(C(=O)OCc2ccccc2)C[C@@H]2OC(C)(C)O[C@H]12. The van der Waals surface area contributed by atoms with Crippen LogP contribution in [-0.4, -0.2) is 54.0 Å². The van der Waals surface area contributed by atoms with Crippen molar-refractivity contribution >= 4 is 12.0 Å². The fraction of sp³-hybridized carbons (Fsp3) is 0.556. The van der Waals surface area contributed by atoms with Gasteiger partial charge in [0.1, 0.15) is 18.8 Å². The second-order valence-electron chi connectivity index (χ2n) is 6.89. The van der Waals surface area contributed by atoms with Crippen molar-refractivity contribution in [3.05, 3.63) is 35.9 Å². The molecule has 0 spiro atoms. The van der Waals surface area contributed by atoms with Crippen LogP contribution in [0.3, 0.4) is 0 Å². The van der Waals surface area contributed by atoms with Gasteiger partial charge in [-0.15, -0.1) is 0 Å². The van der Waals surface area contributed by atoms with Gasteiger partial charge in [-0.2, -0.15) is 0 Å². The molecule has 0 aliphatic carbocycles. The van der Waals surface area contributed by atoms with Crippen LogP contribution in [0.2, 0.25) is 0 Å². The molecule has 0 aromatic heterocycles. The number of nitrogens with zero attached hydrogens (tertiary/aromatic N) is 1. The molecule has 2 aliphatic heterocycles. The van der Waals surface area contributed by atoms with E-state index in [1.54, 1.807) is 4.90 Å². The second-order valence-corrected chi connectivity index (χ2v) is 6.89. The van der Waals surface area contributed by atoms with Crippen LogP contribution in [0, 0.1) is 0 Å². The highest BCUT2D eigenvalue weighted by Gasteiger charge is 2.50. The van der Waals surface area contributed by atoms with Crippen LogP contribution in [-0.2, 0) is 25.6 Å². The summed E-state index contributed by atoms with van der Waals surface area (Å²) in [6, 6.07) is 9.17. The molecule has 7 heteroatoms. The first kappa shape index (κ1) is 17.7. The van der Waals surface area contributed by atoms with Gasteiger partial charge < -0.3 is 24.4 Å². The number of nitrogens with one attached hydrogen (secondary N) is 1. The molecule has 2 fully saturated rings. The van der Waals surface area contributed by atoms with Gasteiger partial charge in [-0.3, -0.25) is 4.79 Å². The molecule has 25 heavy (non-hydrogen) atoms. The van der Waals surface area contributed by atoms with Crippen LogP contribution in [0.1, 0.15) is 26.3 Å². The second kappa shape index (κ2) is 7.01. The Bertz CT molecular complexity index is 634. The Morgan fingerprint density at radius 3 is 2.64 bits per heavy atom. The fourth-order valence-electron chi connectivity index (χ4n) is 3.33. The summed E-state index contributed by atoms with van der Waals surface area (Å²) >= 11 is 0. The summed E-state index contributed by atoms with van der Waals surface area (Å²) in [5, 5.41) is 2.86. The highest BCUT2D eigenvalue weighted by Crippen LogP contribution is 2.33. The van der Waals surface area contributed by atoms with Gasteiger partial charge in [0.05, 0.1) is 12.6 Å². The number of hydrogen-bond acceptors (Lipinski definition) is 5. The Morgan fingerprint density at radius 2 is 1.96 bits per heavy atom. The number of rotatable bonds is 3. The zero-order valence-corrected chi connectivity index (χ0v) is 14.7. The smallest absolute Gasteiger partial charge is 0.410 e. The first-order chi connectivity index (χ1) is 11.8. The maximum Gasteiger partial charge on any atom is 0.410 e. The molecule has 3 rings (SSSR count). The van der Waals surface area contributed by atoms with Gasteiger partial charge in [0.25, 0.3) is 0 Å². The van der Waals surface area contributed by atoms with Crippen molar-refractivity contribution in [3.8, 4) is 0 Å². The average molecular weight is 348 g/mol. The number of carbonyl (C=O) groups is 2. The summed E-state index contributed by atoms with van der Waals surface area (Å²) in [6.07, 6.45) is -1.01. The molecule has 0 saturated carbocycles. The predicted octanol–water partition coefficient (Wildman–Crippen LogP) is 1.66. The Hall–Kier alpha value is -2.12. The molecule has 3 atom stereocenters. The van der Waals surface area contributed by atoms with E-state index in [9.17, 15) is 9.59 Å². The van der Waals surface area contributed by atoms with Crippen LogP contribution >= 0.6 is 0 Å². The number of ether oxygens (including phenoxy) is 3. The lowest BCUT2D eigenvalue weighted by Crippen LogP contribution is -2.61. The maximum atomic E-state index is 12.4. The van der Waals surface area contributed by atoms with Crippen molar-refractivity contribution in [1.29, 1.82) is 0 Å². The van der Waals surface area contributed by atoms with E-state index in [4.69, 9.17) is 14.2 Å². The van der Waals surface area contributed by atoms with E-state index in [0.717, 1.165) is 5.56 Å². The van der Waals surface area contributed by atoms with Crippen molar-refractivity contribution in [3.63, 3.8) is 0 Å². The molecular formula is C18H24N2O5. The van der Waals surface area contributed by atoms with Crippen molar-refractivity contribution < 1.29 is 23.8 Å². The van der Waals surface area contributed by atoms with Gasteiger partial charge in [0, 0.05) is 13.5 Å². The molecular weight excluding hydrogens is 324 g/mol. The number of likely N-dealkylation sites (tertiary alicyclic amines) is 1. The van der Waals surface area contributed by atoms with E-state index in [0.29, 0.717) is 13.1 Å². The molecule has 1 aromatic rings. The molecule has 2 saturated heterocycles. The molecule has 2 aliphatic rings. The van der Waals surface area contributed by atoms with Crippen molar-refractivity contribution in [1.82, 2.24) is 10.2 Å². The van der Waals surface area contributed by atoms with E-state index < -0.39 is 11.9 Å². The molecule has 7 nitrogen and oxygen atoms in total. The normalized spacial score (nSPS) is 27.5. The van der Waals surface area contributed by atoms with Crippen molar-refractivity contribution in [2.75, 3.05) is 13.1 Å².